The van der Waals surface area contributed by atoms with Gasteiger partial charge in [-0.05, 0) is 6.42 Å². The molecular formula is C10H11N3O4. The number of carboxylic acids is 1. The van der Waals surface area contributed by atoms with Gasteiger partial charge >= 0.3 is 5.97 Å². The van der Waals surface area contributed by atoms with E-state index in [1.54, 1.807) is 0 Å². The first-order chi connectivity index (χ1) is 8.00. The van der Waals surface area contributed by atoms with Gasteiger partial charge in [-0.2, -0.15) is 0 Å². The summed E-state index contributed by atoms with van der Waals surface area (Å²) in [6.07, 6.45) is 2.06. The molecule has 0 radical (unpaired) electrons. The van der Waals surface area contributed by atoms with Gasteiger partial charge in [0.1, 0.15) is 17.6 Å². The molecule has 0 bridgehead atoms. The molecule has 0 fully saturated rings. The van der Waals surface area contributed by atoms with E-state index in [1.807, 2.05) is 0 Å². The Labute approximate surface area is 96.1 Å². The summed E-state index contributed by atoms with van der Waals surface area (Å²) >= 11 is 0. The number of carbonyl (C=O) groups is 2. The largest absolute Gasteiger partial charge is 0.480 e. The minimum absolute atomic E-state index is 0.00870. The van der Waals surface area contributed by atoms with Crippen molar-refractivity contribution in [1.82, 2.24) is 9.55 Å². The Morgan fingerprint density at radius 3 is 2.88 bits per heavy atom. The average molecular weight is 237 g/mol. The number of hydrogen-bond acceptors (Lipinski definition) is 4. The molecule has 1 aromatic heterocycles. The van der Waals surface area contributed by atoms with Crippen LogP contribution in [0.2, 0.25) is 0 Å². The maximum absolute atomic E-state index is 12.0. The molecule has 0 unspecified atom stereocenters. The first-order valence-electron chi connectivity index (χ1n) is 5.11. The number of aryl methyl sites for hydroxylation is 1. The third-order valence-electron chi connectivity index (χ3n) is 2.62. The Hall–Kier alpha value is -2.18. The fourth-order valence-electron chi connectivity index (χ4n) is 1.91. The Kier molecular flexibility index (Phi) is 2.66. The molecule has 17 heavy (non-hydrogen) atoms. The number of anilines is 1. The zero-order valence-electron chi connectivity index (χ0n) is 9.14. The summed E-state index contributed by atoms with van der Waals surface area (Å²) in [5.74, 6) is -1.02. The van der Waals surface area contributed by atoms with Crippen molar-refractivity contribution in [2.75, 3.05) is 5.32 Å². The molecule has 90 valence electrons. The second kappa shape index (κ2) is 4.00. The van der Waals surface area contributed by atoms with Crippen LogP contribution < -0.4 is 10.9 Å². The quantitative estimate of drug-likeness (QED) is 0.740. The lowest BCUT2D eigenvalue weighted by atomic mass is 10.2. The summed E-state index contributed by atoms with van der Waals surface area (Å²) in [5.41, 5.74) is -0.510. The van der Waals surface area contributed by atoms with Gasteiger partial charge in [0, 0.05) is 13.3 Å². The lowest BCUT2D eigenvalue weighted by molar-refractivity contribution is -0.140. The predicted octanol–water partition coefficient (Wildman–Crippen LogP) is -0.226. The highest BCUT2D eigenvalue weighted by molar-refractivity contribution is 5.88. The van der Waals surface area contributed by atoms with Crippen LogP contribution in [0.15, 0.2) is 11.0 Å². The Morgan fingerprint density at radius 1 is 1.59 bits per heavy atom. The van der Waals surface area contributed by atoms with Crippen LogP contribution >= 0.6 is 0 Å². The molecule has 1 amide bonds. The maximum atomic E-state index is 12.0. The molecule has 7 heteroatoms. The predicted molar refractivity (Wildman–Crippen MR) is 57.8 cm³/mol. The molecule has 2 N–H and O–H groups in total. The van der Waals surface area contributed by atoms with Crippen molar-refractivity contribution < 1.29 is 14.7 Å². The van der Waals surface area contributed by atoms with Gasteiger partial charge in [-0.3, -0.25) is 14.2 Å². The van der Waals surface area contributed by atoms with Crippen molar-refractivity contribution >= 4 is 17.6 Å². The minimum atomic E-state index is -1.06. The van der Waals surface area contributed by atoms with Crippen LogP contribution in [0.3, 0.4) is 0 Å². The number of rotatable bonds is 2. The van der Waals surface area contributed by atoms with E-state index in [9.17, 15) is 14.4 Å². The number of carboxylic acid groups (broad SMARTS) is 1. The van der Waals surface area contributed by atoms with Crippen LogP contribution in [0.1, 0.15) is 25.2 Å². The number of hydrogen-bond donors (Lipinski definition) is 2. The van der Waals surface area contributed by atoms with Crippen LogP contribution in [0.4, 0.5) is 5.69 Å². The highest BCUT2D eigenvalue weighted by Gasteiger charge is 2.30. The smallest absolute Gasteiger partial charge is 0.326 e. The van der Waals surface area contributed by atoms with Crippen molar-refractivity contribution in [3.05, 3.63) is 22.4 Å². The van der Waals surface area contributed by atoms with E-state index in [-0.39, 0.29) is 5.69 Å². The number of amides is 1. The SMILES string of the molecule is CC(=O)Nc1cnc2n(c1=O)[C@H](C(=O)O)CC2. The lowest BCUT2D eigenvalue weighted by Crippen LogP contribution is -2.30. The zero-order chi connectivity index (χ0) is 12.6. The lowest BCUT2D eigenvalue weighted by Gasteiger charge is -2.10. The van der Waals surface area contributed by atoms with Gasteiger partial charge in [0.2, 0.25) is 5.91 Å². The van der Waals surface area contributed by atoms with Crippen molar-refractivity contribution in [1.29, 1.82) is 0 Å². The maximum Gasteiger partial charge on any atom is 0.326 e. The first-order valence-corrected chi connectivity index (χ1v) is 5.11. The third-order valence-corrected chi connectivity index (χ3v) is 2.62. The topological polar surface area (TPSA) is 101 Å². The van der Waals surface area contributed by atoms with Crippen LogP contribution in [0.5, 0.6) is 0 Å². The molecule has 1 aliphatic rings. The summed E-state index contributed by atoms with van der Waals surface area (Å²) in [5, 5.41) is 11.3. The summed E-state index contributed by atoms with van der Waals surface area (Å²) in [7, 11) is 0. The molecule has 7 nitrogen and oxygen atoms in total. The minimum Gasteiger partial charge on any atom is -0.480 e. The number of nitrogens with zero attached hydrogens (tertiary/aromatic N) is 2. The van der Waals surface area contributed by atoms with Crippen molar-refractivity contribution in [2.45, 2.75) is 25.8 Å². The average Bonchev–Trinajstić information content (AvgIpc) is 2.66. The van der Waals surface area contributed by atoms with Gasteiger partial charge < -0.3 is 10.4 Å². The normalized spacial score (nSPS) is 17.6. The van der Waals surface area contributed by atoms with E-state index in [1.165, 1.54) is 13.1 Å². The molecule has 0 aliphatic carbocycles. The third kappa shape index (κ3) is 1.91. The fraction of sp³-hybridized carbons (Fsp3) is 0.400. The van der Waals surface area contributed by atoms with Gasteiger partial charge in [-0.15, -0.1) is 0 Å². The molecule has 0 saturated heterocycles. The van der Waals surface area contributed by atoms with Gasteiger partial charge in [0.15, 0.2) is 0 Å². The van der Waals surface area contributed by atoms with Crippen LogP contribution in [-0.4, -0.2) is 26.5 Å². The van der Waals surface area contributed by atoms with E-state index in [0.717, 1.165) is 4.57 Å². The summed E-state index contributed by atoms with van der Waals surface area (Å²) in [6, 6.07) is -0.890. The van der Waals surface area contributed by atoms with E-state index >= 15 is 0 Å². The number of fused-ring (bicyclic) bond motifs is 1. The molecule has 1 aromatic rings. The molecule has 1 aliphatic heterocycles. The van der Waals surface area contributed by atoms with Crippen LogP contribution in [0, 0.1) is 0 Å². The molecule has 0 aromatic carbocycles. The molecule has 1 atom stereocenters. The van der Waals surface area contributed by atoms with Gasteiger partial charge in [0.05, 0.1) is 6.20 Å². The van der Waals surface area contributed by atoms with Crippen LogP contribution in [0.25, 0.3) is 0 Å². The van der Waals surface area contributed by atoms with E-state index in [0.29, 0.717) is 18.7 Å². The molecule has 2 heterocycles. The summed E-state index contributed by atoms with van der Waals surface area (Å²) in [4.78, 5) is 37.8. The van der Waals surface area contributed by atoms with E-state index in [2.05, 4.69) is 10.3 Å². The van der Waals surface area contributed by atoms with E-state index < -0.39 is 23.5 Å². The van der Waals surface area contributed by atoms with Crippen LogP contribution in [-0.2, 0) is 16.0 Å². The Bertz CT molecular complexity index is 549. The second-order valence-corrected chi connectivity index (χ2v) is 3.84. The molecule has 0 saturated carbocycles. The molecule has 0 spiro atoms. The number of carbonyl (C=O) groups excluding carboxylic acids is 1. The van der Waals surface area contributed by atoms with Gasteiger partial charge in [-0.25, -0.2) is 9.78 Å². The summed E-state index contributed by atoms with van der Waals surface area (Å²) < 4.78 is 1.13. The van der Waals surface area contributed by atoms with Gasteiger partial charge in [-0.1, -0.05) is 0 Å². The zero-order valence-corrected chi connectivity index (χ0v) is 9.14. The van der Waals surface area contributed by atoms with Crippen molar-refractivity contribution in [2.24, 2.45) is 0 Å². The van der Waals surface area contributed by atoms with Crippen molar-refractivity contribution in [3.63, 3.8) is 0 Å². The Morgan fingerprint density at radius 2 is 2.29 bits per heavy atom. The summed E-state index contributed by atoms with van der Waals surface area (Å²) in [6.45, 7) is 1.27. The second-order valence-electron chi connectivity index (χ2n) is 3.84. The highest BCUT2D eigenvalue weighted by Crippen LogP contribution is 2.22. The van der Waals surface area contributed by atoms with E-state index in [4.69, 9.17) is 5.11 Å². The molecule has 2 rings (SSSR count). The van der Waals surface area contributed by atoms with Gasteiger partial charge in [0.25, 0.3) is 5.56 Å². The Balaban J connectivity index is 2.51. The number of aliphatic carboxylic acids is 1. The fourth-order valence-corrected chi connectivity index (χ4v) is 1.91. The monoisotopic (exact) mass is 237 g/mol. The number of aromatic nitrogens is 2. The number of nitrogens with one attached hydrogen (secondary N) is 1. The first kappa shape index (κ1) is 11.3. The standard InChI is InChI=1S/C10H11N3O4/c1-5(14)12-6-4-11-8-3-2-7(10(16)17)13(8)9(6)15/h4,7H,2-3H2,1H3,(H,12,14)(H,16,17)/t7-/m0/s1. The highest BCUT2D eigenvalue weighted by atomic mass is 16.4. The van der Waals surface area contributed by atoms with Crippen molar-refractivity contribution in [3.8, 4) is 0 Å². The molecular weight excluding hydrogens is 226 g/mol.